The lowest BCUT2D eigenvalue weighted by molar-refractivity contribution is -0.122. The molecule has 2 rings (SSSR count). The van der Waals surface area contributed by atoms with Crippen molar-refractivity contribution in [1.29, 1.82) is 0 Å². The Morgan fingerprint density at radius 1 is 1.21 bits per heavy atom. The highest BCUT2D eigenvalue weighted by Gasteiger charge is 2.18. The predicted molar refractivity (Wildman–Crippen MR) is 94.5 cm³/mol. The van der Waals surface area contributed by atoms with Crippen LogP contribution in [0.1, 0.15) is 12.5 Å². The molecule has 0 aliphatic rings. The summed E-state index contributed by atoms with van der Waals surface area (Å²) >= 11 is 6.03. The van der Waals surface area contributed by atoms with Crippen LogP contribution in [-0.4, -0.2) is 26.7 Å². The van der Waals surface area contributed by atoms with Crippen molar-refractivity contribution < 1.29 is 17.9 Å². The van der Waals surface area contributed by atoms with Gasteiger partial charge in [0.1, 0.15) is 5.75 Å². The standard InChI is InChI=1S/C17H18ClNO4S/c1-11-5-4-6-13(9-11)23-12(2)17(20)19-16-10-14(24(3,21)22)7-8-15(16)18/h4-10,12H,1-3H3,(H,19,20). The second-order valence-electron chi connectivity index (χ2n) is 5.48. The Bertz CT molecular complexity index is 865. The first-order valence-electron chi connectivity index (χ1n) is 7.20. The molecule has 0 aliphatic carbocycles. The molecule has 2 aromatic carbocycles. The molecular formula is C17H18ClNO4S. The lowest BCUT2D eigenvalue weighted by atomic mass is 10.2. The maximum Gasteiger partial charge on any atom is 0.265 e. The van der Waals surface area contributed by atoms with Crippen LogP contribution in [0.2, 0.25) is 5.02 Å². The van der Waals surface area contributed by atoms with Gasteiger partial charge in [-0.1, -0.05) is 23.7 Å². The number of hydrogen-bond donors (Lipinski definition) is 1. The zero-order chi connectivity index (χ0) is 17.9. The van der Waals surface area contributed by atoms with Crippen molar-refractivity contribution in [1.82, 2.24) is 0 Å². The van der Waals surface area contributed by atoms with Crippen molar-refractivity contribution >= 4 is 33.0 Å². The number of ether oxygens (including phenoxy) is 1. The topological polar surface area (TPSA) is 72.5 Å². The molecule has 0 fully saturated rings. The Balaban J connectivity index is 2.14. The van der Waals surface area contributed by atoms with Gasteiger partial charge in [-0.15, -0.1) is 0 Å². The minimum Gasteiger partial charge on any atom is -0.481 e. The number of sulfone groups is 1. The average molecular weight is 368 g/mol. The number of rotatable bonds is 5. The molecule has 0 spiro atoms. The van der Waals surface area contributed by atoms with Crippen LogP contribution in [0, 0.1) is 6.92 Å². The molecule has 1 atom stereocenters. The van der Waals surface area contributed by atoms with E-state index >= 15 is 0 Å². The first-order valence-corrected chi connectivity index (χ1v) is 9.47. The summed E-state index contributed by atoms with van der Waals surface area (Å²) < 4.78 is 28.8. The van der Waals surface area contributed by atoms with Gasteiger partial charge in [0.2, 0.25) is 0 Å². The van der Waals surface area contributed by atoms with Crippen molar-refractivity contribution in [3.05, 3.63) is 53.1 Å². The molecule has 7 heteroatoms. The number of benzene rings is 2. The minimum atomic E-state index is -3.39. The van der Waals surface area contributed by atoms with Crippen LogP contribution >= 0.6 is 11.6 Å². The quantitative estimate of drug-likeness (QED) is 0.878. The average Bonchev–Trinajstić information content (AvgIpc) is 2.48. The Morgan fingerprint density at radius 3 is 2.54 bits per heavy atom. The van der Waals surface area contributed by atoms with E-state index in [-0.39, 0.29) is 15.6 Å². The van der Waals surface area contributed by atoms with Crippen molar-refractivity contribution in [3.63, 3.8) is 0 Å². The number of carbonyl (C=O) groups is 1. The highest BCUT2D eigenvalue weighted by atomic mass is 35.5. The van der Waals surface area contributed by atoms with Crippen LogP contribution in [0.25, 0.3) is 0 Å². The molecule has 0 saturated heterocycles. The molecule has 0 saturated carbocycles. The fourth-order valence-electron chi connectivity index (χ4n) is 2.01. The van der Waals surface area contributed by atoms with E-state index in [0.717, 1.165) is 11.8 Å². The molecule has 1 amide bonds. The zero-order valence-electron chi connectivity index (χ0n) is 13.5. The summed E-state index contributed by atoms with van der Waals surface area (Å²) in [5.74, 6) is 0.151. The predicted octanol–water partition coefficient (Wildman–Crippen LogP) is 3.46. The van der Waals surface area contributed by atoms with Crippen LogP contribution in [0.4, 0.5) is 5.69 Å². The van der Waals surface area contributed by atoms with Crippen molar-refractivity contribution in [3.8, 4) is 5.75 Å². The SMILES string of the molecule is Cc1cccc(OC(C)C(=O)Nc2cc(S(C)(=O)=O)ccc2Cl)c1. The van der Waals surface area contributed by atoms with Gasteiger partial charge in [-0.05, 0) is 49.7 Å². The fraction of sp³-hybridized carbons (Fsp3) is 0.235. The molecule has 0 bridgehead atoms. The minimum absolute atomic E-state index is 0.0782. The third-order valence-corrected chi connectivity index (χ3v) is 4.74. The summed E-state index contributed by atoms with van der Waals surface area (Å²) in [6, 6.07) is 11.5. The molecule has 0 aliphatic heterocycles. The van der Waals surface area contributed by atoms with E-state index in [0.29, 0.717) is 5.75 Å². The summed E-state index contributed by atoms with van der Waals surface area (Å²) in [6.07, 6.45) is 0.315. The Labute approximate surface area is 146 Å². The summed E-state index contributed by atoms with van der Waals surface area (Å²) in [4.78, 5) is 12.3. The van der Waals surface area contributed by atoms with Crippen molar-refractivity contribution in [2.24, 2.45) is 0 Å². The van der Waals surface area contributed by atoms with Crippen LogP contribution in [0.15, 0.2) is 47.4 Å². The van der Waals surface area contributed by atoms with Crippen LogP contribution in [0.5, 0.6) is 5.75 Å². The summed E-state index contributed by atoms with van der Waals surface area (Å²) in [7, 11) is -3.39. The zero-order valence-corrected chi connectivity index (χ0v) is 15.1. The molecule has 1 unspecified atom stereocenters. The van der Waals surface area contributed by atoms with E-state index in [1.165, 1.54) is 18.2 Å². The van der Waals surface area contributed by atoms with Gasteiger partial charge >= 0.3 is 0 Å². The van der Waals surface area contributed by atoms with Gasteiger partial charge in [0.15, 0.2) is 15.9 Å². The molecule has 0 heterocycles. The summed E-state index contributed by atoms with van der Waals surface area (Å²) in [5, 5.41) is 2.85. The first-order chi connectivity index (χ1) is 11.2. The van der Waals surface area contributed by atoms with Gasteiger partial charge in [0.25, 0.3) is 5.91 Å². The summed E-state index contributed by atoms with van der Waals surface area (Å²) in [6.45, 7) is 3.53. The number of amides is 1. The van der Waals surface area contributed by atoms with Crippen molar-refractivity contribution in [2.75, 3.05) is 11.6 Å². The van der Waals surface area contributed by atoms with Gasteiger partial charge < -0.3 is 10.1 Å². The number of aryl methyl sites for hydroxylation is 1. The summed E-state index contributed by atoms with van der Waals surface area (Å²) in [5.41, 5.74) is 1.24. The van der Waals surface area contributed by atoms with Gasteiger partial charge in [0, 0.05) is 6.26 Å². The van der Waals surface area contributed by atoms with E-state index in [1.54, 1.807) is 13.0 Å². The number of nitrogens with one attached hydrogen (secondary N) is 1. The van der Waals surface area contributed by atoms with Crippen LogP contribution < -0.4 is 10.1 Å². The largest absolute Gasteiger partial charge is 0.481 e. The molecular weight excluding hydrogens is 350 g/mol. The Kier molecular flexibility index (Phi) is 5.51. The number of hydrogen-bond acceptors (Lipinski definition) is 4. The number of halogens is 1. The van der Waals surface area contributed by atoms with Gasteiger partial charge in [-0.25, -0.2) is 8.42 Å². The molecule has 0 radical (unpaired) electrons. The van der Waals surface area contributed by atoms with E-state index in [2.05, 4.69) is 5.32 Å². The number of anilines is 1. The number of carbonyl (C=O) groups excluding carboxylic acids is 1. The molecule has 5 nitrogen and oxygen atoms in total. The highest BCUT2D eigenvalue weighted by Crippen LogP contribution is 2.25. The Hall–Kier alpha value is -2.05. The monoisotopic (exact) mass is 367 g/mol. The first kappa shape index (κ1) is 18.3. The van der Waals surface area contributed by atoms with Crippen LogP contribution in [-0.2, 0) is 14.6 Å². The van der Waals surface area contributed by atoms with Crippen molar-refractivity contribution in [2.45, 2.75) is 24.8 Å². The lowest BCUT2D eigenvalue weighted by Crippen LogP contribution is -2.30. The molecule has 1 N–H and O–H groups in total. The second-order valence-corrected chi connectivity index (χ2v) is 7.90. The normalized spacial score (nSPS) is 12.5. The molecule has 0 aromatic heterocycles. The fourth-order valence-corrected chi connectivity index (χ4v) is 2.82. The molecule has 128 valence electrons. The molecule has 24 heavy (non-hydrogen) atoms. The van der Waals surface area contributed by atoms with E-state index < -0.39 is 21.8 Å². The van der Waals surface area contributed by atoms with Gasteiger partial charge in [-0.2, -0.15) is 0 Å². The van der Waals surface area contributed by atoms with Gasteiger partial charge in [0.05, 0.1) is 15.6 Å². The van der Waals surface area contributed by atoms with E-state index in [1.807, 2.05) is 25.1 Å². The molecule has 2 aromatic rings. The van der Waals surface area contributed by atoms with E-state index in [4.69, 9.17) is 16.3 Å². The Morgan fingerprint density at radius 2 is 1.92 bits per heavy atom. The highest BCUT2D eigenvalue weighted by molar-refractivity contribution is 7.90. The second kappa shape index (κ2) is 7.23. The smallest absolute Gasteiger partial charge is 0.265 e. The lowest BCUT2D eigenvalue weighted by Gasteiger charge is -2.16. The maximum absolute atomic E-state index is 12.3. The maximum atomic E-state index is 12.3. The third-order valence-electron chi connectivity index (χ3n) is 3.30. The van der Waals surface area contributed by atoms with E-state index in [9.17, 15) is 13.2 Å². The third kappa shape index (κ3) is 4.72. The van der Waals surface area contributed by atoms with Crippen LogP contribution in [0.3, 0.4) is 0 Å². The van der Waals surface area contributed by atoms with Gasteiger partial charge in [-0.3, -0.25) is 4.79 Å².